The smallest absolute Gasteiger partial charge is 0.305 e. The van der Waals surface area contributed by atoms with Crippen LogP contribution in [0.2, 0.25) is 0 Å². The van der Waals surface area contributed by atoms with Gasteiger partial charge in [0.05, 0.1) is 6.04 Å². The van der Waals surface area contributed by atoms with Crippen molar-refractivity contribution in [1.29, 1.82) is 0 Å². The highest BCUT2D eigenvalue weighted by Gasteiger charge is 2.10. The molecule has 0 fully saturated rings. The standard InChI is InChI=1S/C11H20N4O3/c1-2-5-11(17)18-8-10(13-9-16)6-3-4-7-14-15-12/h9-10H,2-8H2,1H3,(H,13,16)/t10-/m0/s1. The Labute approximate surface area is 107 Å². The maximum absolute atomic E-state index is 11.2. The van der Waals surface area contributed by atoms with E-state index in [2.05, 4.69) is 15.3 Å². The van der Waals surface area contributed by atoms with Crippen molar-refractivity contribution in [2.75, 3.05) is 13.2 Å². The van der Waals surface area contributed by atoms with E-state index in [0.29, 0.717) is 25.8 Å². The molecular formula is C11H20N4O3. The van der Waals surface area contributed by atoms with Gasteiger partial charge in [0.1, 0.15) is 6.61 Å². The second-order valence-electron chi connectivity index (χ2n) is 3.86. The summed E-state index contributed by atoms with van der Waals surface area (Å²) >= 11 is 0. The van der Waals surface area contributed by atoms with Gasteiger partial charge in [0.2, 0.25) is 6.41 Å². The predicted octanol–water partition coefficient (Wildman–Crippen LogP) is 1.92. The average molecular weight is 256 g/mol. The largest absolute Gasteiger partial charge is 0.463 e. The van der Waals surface area contributed by atoms with Crippen LogP contribution in [0.3, 0.4) is 0 Å². The Morgan fingerprint density at radius 1 is 1.56 bits per heavy atom. The van der Waals surface area contributed by atoms with E-state index in [4.69, 9.17) is 10.3 Å². The van der Waals surface area contributed by atoms with Gasteiger partial charge in [-0.2, -0.15) is 0 Å². The first-order chi connectivity index (χ1) is 8.74. The molecule has 102 valence electrons. The Bertz CT molecular complexity index is 290. The van der Waals surface area contributed by atoms with Crippen LogP contribution in [0.1, 0.15) is 39.0 Å². The number of hydrogen-bond acceptors (Lipinski definition) is 4. The monoisotopic (exact) mass is 256 g/mol. The summed E-state index contributed by atoms with van der Waals surface area (Å²) in [5, 5.41) is 6.03. The summed E-state index contributed by atoms with van der Waals surface area (Å²) in [7, 11) is 0. The van der Waals surface area contributed by atoms with Crippen LogP contribution in [0, 0.1) is 0 Å². The first-order valence-electron chi connectivity index (χ1n) is 6.10. The highest BCUT2D eigenvalue weighted by atomic mass is 16.5. The lowest BCUT2D eigenvalue weighted by Gasteiger charge is -2.15. The minimum Gasteiger partial charge on any atom is -0.463 e. The molecule has 0 spiro atoms. The summed E-state index contributed by atoms with van der Waals surface area (Å²) in [5.41, 5.74) is 8.10. The molecule has 0 aliphatic rings. The third-order valence-corrected chi connectivity index (χ3v) is 2.33. The number of hydrogen-bond donors (Lipinski definition) is 1. The van der Waals surface area contributed by atoms with Crippen molar-refractivity contribution in [3.05, 3.63) is 10.4 Å². The van der Waals surface area contributed by atoms with E-state index in [1.54, 1.807) is 0 Å². The quantitative estimate of drug-likeness (QED) is 0.152. The van der Waals surface area contributed by atoms with Crippen molar-refractivity contribution >= 4 is 12.4 Å². The van der Waals surface area contributed by atoms with Crippen LogP contribution >= 0.6 is 0 Å². The summed E-state index contributed by atoms with van der Waals surface area (Å²) in [4.78, 5) is 24.2. The Kier molecular flexibility index (Phi) is 10.6. The van der Waals surface area contributed by atoms with Crippen molar-refractivity contribution < 1.29 is 14.3 Å². The fraction of sp³-hybridized carbons (Fsp3) is 0.818. The summed E-state index contributed by atoms with van der Waals surface area (Å²) in [5.74, 6) is -0.246. The van der Waals surface area contributed by atoms with E-state index in [1.165, 1.54) is 0 Å². The minimum atomic E-state index is -0.246. The number of nitrogens with zero attached hydrogens (tertiary/aromatic N) is 3. The normalized spacial score (nSPS) is 11.2. The molecule has 0 bridgehead atoms. The number of carbonyl (C=O) groups is 2. The number of carbonyl (C=O) groups excluding carboxylic acids is 2. The molecule has 0 saturated carbocycles. The molecular weight excluding hydrogens is 236 g/mol. The van der Waals surface area contributed by atoms with Crippen molar-refractivity contribution in [2.24, 2.45) is 5.11 Å². The number of esters is 1. The van der Waals surface area contributed by atoms with Gasteiger partial charge in [-0.25, -0.2) is 0 Å². The first kappa shape index (κ1) is 16.2. The van der Waals surface area contributed by atoms with Crippen molar-refractivity contribution in [2.45, 2.75) is 45.1 Å². The maximum atomic E-state index is 11.2. The Morgan fingerprint density at radius 3 is 2.94 bits per heavy atom. The molecule has 0 unspecified atom stereocenters. The number of amides is 1. The number of azide groups is 1. The second kappa shape index (κ2) is 11.7. The fourth-order valence-electron chi connectivity index (χ4n) is 1.40. The van der Waals surface area contributed by atoms with Gasteiger partial charge in [0.25, 0.3) is 0 Å². The highest BCUT2D eigenvalue weighted by Crippen LogP contribution is 2.03. The zero-order chi connectivity index (χ0) is 13.6. The van der Waals surface area contributed by atoms with Gasteiger partial charge in [-0.3, -0.25) is 9.59 Å². The zero-order valence-electron chi connectivity index (χ0n) is 10.7. The average Bonchev–Trinajstić information content (AvgIpc) is 2.36. The number of nitrogens with one attached hydrogen (secondary N) is 1. The van der Waals surface area contributed by atoms with E-state index in [0.717, 1.165) is 19.3 Å². The number of rotatable bonds is 11. The van der Waals surface area contributed by atoms with Crippen LogP contribution < -0.4 is 5.32 Å². The molecule has 0 aromatic carbocycles. The Balaban J connectivity index is 3.80. The Morgan fingerprint density at radius 2 is 2.33 bits per heavy atom. The minimum absolute atomic E-state index is 0.172. The SMILES string of the molecule is CCCC(=O)OC[C@H](CCCCN=[N+]=[N-])NC=O. The predicted molar refractivity (Wildman–Crippen MR) is 66.7 cm³/mol. The van der Waals surface area contributed by atoms with E-state index in [1.807, 2.05) is 6.92 Å². The van der Waals surface area contributed by atoms with Crippen LogP contribution in [-0.4, -0.2) is 31.6 Å². The Hall–Kier alpha value is -1.75. The molecule has 0 heterocycles. The summed E-state index contributed by atoms with van der Waals surface area (Å²) in [6.45, 7) is 2.54. The molecule has 0 aliphatic carbocycles. The molecule has 18 heavy (non-hydrogen) atoms. The van der Waals surface area contributed by atoms with Crippen molar-refractivity contribution in [3.63, 3.8) is 0 Å². The topological polar surface area (TPSA) is 104 Å². The molecule has 7 nitrogen and oxygen atoms in total. The van der Waals surface area contributed by atoms with Crippen molar-refractivity contribution in [3.8, 4) is 0 Å². The van der Waals surface area contributed by atoms with E-state index in [9.17, 15) is 9.59 Å². The van der Waals surface area contributed by atoms with Gasteiger partial charge >= 0.3 is 5.97 Å². The van der Waals surface area contributed by atoms with Crippen LogP contribution in [0.5, 0.6) is 0 Å². The van der Waals surface area contributed by atoms with Gasteiger partial charge in [0.15, 0.2) is 0 Å². The number of unbranched alkanes of at least 4 members (excludes halogenated alkanes) is 1. The molecule has 0 aliphatic heterocycles. The van der Waals surface area contributed by atoms with Gasteiger partial charge in [-0.1, -0.05) is 18.5 Å². The second-order valence-corrected chi connectivity index (χ2v) is 3.86. The number of ether oxygens (including phenoxy) is 1. The van der Waals surface area contributed by atoms with E-state index >= 15 is 0 Å². The first-order valence-corrected chi connectivity index (χ1v) is 6.10. The molecule has 1 amide bonds. The van der Waals surface area contributed by atoms with Crippen LogP contribution in [0.15, 0.2) is 5.11 Å². The van der Waals surface area contributed by atoms with E-state index < -0.39 is 0 Å². The highest BCUT2D eigenvalue weighted by molar-refractivity contribution is 5.69. The summed E-state index contributed by atoms with van der Waals surface area (Å²) < 4.78 is 5.03. The van der Waals surface area contributed by atoms with Gasteiger partial charge < -0.3 is 10.1 Å². The lowest BCUT2D eigenvalue weighted by molar-refractivity contribution is -0.144. The summed E-state index contributed by atoms with van der Waals surface area (Å²) in [6.07, 6.45) is 3.99. The van der Waals surface area contributed by atoms with Gasteiger partial charge in [0, 0.05) is 17.9 Å². The fourth-order valence-corrected chi connectivity index (χ4v) is 1.40. The van der Waals surface area contributed by atoms with Crippen molar-refractivity contribution in [1.82, 2.24) is 5.32 Å². The molecule has 0 radical (unpaired) electrons. The van der Waals surface area contributed by atoms with E-state index in [-0.39, 0.29) is 18.6 Å². The summed E-state index contributed by atoms with van der Waals surface area (Å²) in [6, 6.07) is -0.172. The van der Waals surface area contributed by atoms with Gasteiger partial charge in [-0.05, 0) is 24.8 Å². The molecule has 7 heteroatoms. The molecule has 1 atom stereocenters. The van der Waals surface area contributed by atoms with Crippen LogP contribution in [0.25, 0.3) is 10.4 Å². The van der Waals surface area contributed by atoms with Gasteiger partial charge in [-0.15, -0.1) is 0 Å². The lowest BCUT2D eigenvalue weighted by atomic mass is 10.1. The molecule has 0 aromatic heterocycles. The molecule has 0 aromatic rings. The maximum Gasteiger partial charge on any atom is 0.305 e. The molecule has 0 rings (SSSR count). The third kappa shape index (κ3) is 9.47. The molecule has 0 saturated heterocycles. The third-order valence-electron chi connectivity index (χ3n) is 2.33. The van der Waals surface area contributed by atoms with Crippen LogP contribution in [0.4, 0.5) is 0 Å². The molecule has 1 N–H and O–H groups in total. The zero-order valence-corrected chi connectivity index (χ0v) is 10.7. The lowest BCUT2D eigenvalue weighted by Crippen LogP contribution is -2.33. The van der Waals surface area contributed by atoms with Crippen LogP contribution in [-0.2, 0) is 14.3 Å².